The Kier molecular flexibility index (Phi) is 17.8. The smallest absolute Gasteiger partial charge is 0.303 e. The fourth-order valence-electron chi connectivity index (χ4n) is 5.05. The lowest BCUT2D eigenvalue weighted by molar-refractivity contribution is -0.257. The van der Waals surface area contributed by atoms with E-state index in [0.717, 1.165) is 33.6 Å². The number of nitrogens with zero attached hydrogens (tertiary/aromatic N) is 3. The van der Waals surface area contributed by atoms with Crippen molar-refractivity contribution in [3.8, 4) is 0 Å². The predicted octanol–water partition coefficient (Wildman–Crippen LogP) is 2.91. The number of hydrogen-bond acceptors (Lipinski definition) is 13. The molecule has 0 radical (unpaired) electrons. The molecule has 2 rings (SSSR count). The molecule has 1 saturated heterocycles. The molecule has 1 aliphatic heterocycles. The largest absolute Gasteiger partial charge is 0.463 e. The van der Waals surface area contributed by atoms with Crippen molar-refractivity contribution in [2.24, 2.45) is 0 Å². The average Bonchev–Trinajstić information content (AvgIpc) is 3.41. The van der Waals surface area contributed by atoms with E-state index in [1.54, 1.807) is 6.20 Å². The minimum absolute atomic E-state index is 0.249. The summed E-state index contributed by atoms with van der Waals surface area (Å²) in [6.45, 7) is 6.92. The first kappa shape index (κ1) is 38.6. The quantitative estimate of drug-likeness (QED) is 0.116. The first-order valence-corrected chi connectivity index (χ1v) is 16.1. The lowest BCUT2D eigenvalue weighted by atomic mass is 9.97. The molecule has 1 aliphatic rings. The van der Waals surface area contributed by atoms with Crippen molar-refractivity contribution in [2.75, 3.05) is 13.2 Å². The van der Waals surface area contributed by atoms with Gasteiger partial charge in [0.1, 0.15) is 24.9 Å². The molecular formula is C31H50N4O11. The van der Waals surface area contributed by atoms with Crippen molar-refractivity contribution in [3.05, 3.63) is 11.9 Å². The Labute approximate surface area is 270 Å². The number of nitrogens with one attached hydrogen (secondary N) is 1. The third-order valence-electron chi connectivity index (χ3n) is 7.08. The zero-order valence-corrected chi connectivity index (χ0v) is 27.7. The minimum atomic E-state index is -1.41. The van der Waals surface area contributed by atoms with Crippen molar-refractivity contribution >= 4 is 29.8 Å². The van der Waals surface area contributed by atoms with E-state index in [9.17, 15) is 24.0 Å². The van der Waals surface area contributed by atoms with Gasteiger partial charge in [0.25, 0.3) is 0 Å². The summed E-state index contributed by atoms with van der Waals surface area (Å²) in [6, 6.07) is 0. The van der Waals surface area contributed by atoms with Gasteiger partial charge in [-0.2, -0.15) is 0 Å². The van der Waals surface area contributed by atoms with E-state index in [-0.39, 0.29) is 13.2 Å². The van der Waals surface area contributed by atoms with E-state index in [0.29, 0.717) is 12.3 Å². The maximum atomic E-state index is 13.0. The number of ether oxygens (including phenoxy) is 6. The van der Waals surface area contributed by atoms with E-state index >= 15 is 0 Å². The Morgan fingerprint density at radius 1 is 0.783 bits per heavy atom. The second-order valence-corrected chi connectivity index (χ2v) is 11.3. The molecule has 0 spiro atoms. The SMILES string of the molecule is CCCCCCCCCCCCOCc1cn(CC(=O)N[C@@H]2O[C@H](COC(C)=O)[C@H](OC(C)=O)[C@H](OC(C)=O)[C@H]2OC(C)=O)nn1. The van der Waals surface area contributed by atoms with Crippen LogP contribution in [0, 0.1) is 0 Å². The van der Waals surface area contributed by atoms with Gasteiger partial charge < -0.3 is 33.7 Å². The predicted molar refractivity (Wildman–Crippen MR) is 162 cm³/mol. The van der Waals surface area contributed by atoms with Crippen LogP contribution in [0.15, 0.2) is 6.20 Å². The number of unbranched alkanes of at least 4 members (excludes halogenated alkanes) is 9. The zero-order valence-electron chi connectivity index (χ0n) is 27.7. The van der Waals surface area contributed by atoms with E-state index in [4.69, 9.17) is 28.4 Å². The Morgan fingerprint density at radius 3 is 1.93 bits per heavy atom. The van der Waals surface area contributed by atoms with Crippen LogP contribution in [0.3, 0.4) is 0 Å². The first-order valence-electron chi connectivity index (χ1n) is 16.1. The molecule has 15 heteroatoms. The number of rotatable bonds is 21. The van der Waals surface area contributed by atoms with Gasteiger partial charge in [-0.3, -0.25) is 24.0 Å². The fraction of sp³-hybridized carbons (Fsp3) is 0.774. The first-order chi connectivity index (χ1) is 22.0. The maximum Gasteiger partial charge on any atom is 0.303 e. The molecule has 260 valence electrons. The third kappa shape index (κ3) is 15.1. The van der Waals surface area contributed by atoms with Crippen LogP contribution in [-0.2, 0) is 65.5 Å². The molecule has 1 N–H and O–H groups in total. The third-order valence-corrected chi connectivity index (χ3v) is 7.08. The van der Waals surface area contributed by atoms with Crippen LogP contribution in [-0.4, -0.2) is 88.6 Å². The summed E-state index contributed by atoms with van der Waals surface area (Å²) in [5, 5.41) is 10.6. The van der Waals surface area contributed by atoms with Crippen molar-refractivity contribution < 1.29 is 52.4 Å². The van der Waals surface area contributed by atoms with E-state index in [2.05, 4.69) is 22.6 Å². The van der Waals surface area contributed by atoms with Gasteiger partial charge in [-0.05, 0) is 6.42 Å². The highest BCUT2D eigenvalue weighted by molar-refractivity contribution is 5.76. The normalized spacial score (nSPS) is 20.8. The monoisotopic (exact) mass is 654 g/mol. The molecular weight excluding hydrogens is 604 g/mol. The van der Waals surface area contributed by atoms with Crippen molar-refractivity contribution in [2.45, 2.75) is 143 Å². The number of aromatic nitrogens is 3. The van der Waals surface area contributed by atoms with Crippen molar-refractivity contribution in [1.29, 1.82) is 0 Å². The molecule has 2 heterocycles. The van der Waals surface area contributed by atoms with Crippen LogP contribution in [0.4, 0.5) is 0 Å². The summed E-state index contributed by atoms with van der Waals surface area (Å²) < 4.78 is 34.0. The second-order valence-electron chi connectivity index (χ2n) is 11.3. The Morgan fingerprint density at radius 2 is 1.35 bits per heavy atom. The highest BCUT2D eigenvalue weighted by atomic mass is 16.7. The lowest BCUT2D eigenvalue weighted by Crippen LogP contribution is -2.66. The van der Waals surface area contributed by atoms with Crippen LogP contribution in [0.25, 0.3) is 0 Å². The maximum absolute atomic E-state index is 13.0. The molecule has 0 bridgehead atoms. The summed E-state index contributed by atoms with van der Waals surface area (Å²) in [7, 11) is 0. The summed E-state index contributed by atoms with van der Waals surface area (Å²) in [5.41, 5.74) is 0.548. The molecule has 1 aromatic rings. The van der Waals surface area contributed by atoms with Crippen LogP contribution in [0.1, 0.15) is 105 Å². The summed E-state index contributed by atoms with van der Waals surface area (Å²) in [6.07, 6.45) is 7.27. The molecule has 0 aromatic carbocycles. The standard InChI is InChI=1S/C31H50N4O11/c1-6-7-8-9-10-11-12-13-14-15-16-41-19-25-17-35(34-33-25)18-27(40)32-31-30(45-24(5)39)29(44-23(4)38)28(43-22(3)37)26(46-31)20-42-21(2)36/h17,26,28-31H,6-16,18-20H2,1-5H3,(H,32,40)/t26-,28+,29+,30-,31-/m1/s1. The summed E-state index contributed by atoms with van der Waals surface area (Å²) >= 11 is 0. The van der Waals surface area contributed by atoms with Gasteiger partial charge in [0.05, 0.1) is 12.8 Å². The second kappa shape index (κ2) is 21.3. The highest BCUT2D eigenvalue weighted by Crippen LogP contribution is 2.28. The average molecular weight is 655 g/mol. The van der Waals surface area contributed by atoms with Gasteiger partial charge in [0.15, 0.2) is 24.5 Å². The molecule has 1 amide bonds. The number of esters is 4. The molecule has 15 nitrogen and oxygen atoms in total. The van der Waals surface area contributed by atoms with Gasteiger partial charge in [-0.15, -0.1) is 5.10 Å². The highest BCUT2D eigenvalue weighted by Gasteiger charge is 2.52. The van der Waals surface area contributed by atoms with Gasteiger partial charge in [-0.25, -0.2) is 4.68 Å². The van der Waals surface area contributed by atoms with Crippen molar-refractivity contribution in [3.63, 3.8) is 0 Å². The lowest BCUT2D eigenvalue weighted by Gasteiger charge is -2.44. The zero-order chi connectivity index (χ0) is 33.9. The van der Waals surface area contributed by atoms with Gasteiger partial charge in [-0.1, -0.05) is 69.9 Å². The number of carbonyl (C=O) groups excluding carboxylic acids is 5. The molecule has 1 fully saturated rings. The van der Waals surface area contributed by atoms with Gasteiger partial charge >= 0.3 is 23.9 Å². The summed E-state index contributed by atoms with van der Waals surface area (Å²) in [4.78, 5) is 60.3. The van der Waals surface area contributed by atoms with Crippen LogP contribution < -0.4 is 5.32 Å². The van der Waals surface area contributed by atoms with Crippen LogP contribution >= 0.6 is 0 Å². The Balaban J connectivity index is 1.93. The van der Waals surface area contributed by atoms with Gasteiger partial charge in [0, 0.05) is 34.3 Å². The Bertz CT molecular complexity index is 1110. The topological polar surface area (TPSA) is 183 Å². The molecule has 0 saturated carbocycles. The molecule has 0 unspecified atom stereocenters. The van der Waals surface area contributed by atoms with E-state index in [1.165, 1.54) is 63.0 Å². The molecule has 46 heavy (non-hydrogen) atoms. The van der Waals surface area contributed by atoms with E-state index < -0.39 is 67.0 Å². The van der Waals surface area contributed by atoms with Crippen molar-refractivity contribution in [1.82, 2.24) is 20.3 Å². The number of carbonyl (C=O) groups is 5. The molecule has 0 aliphatic carbocycles. The molecule has 5 atom stereocenters. The van der Waals surface area contributed by atoms with E-state index in [1.807, 2.05) is 0 Å². The minimum Gasteiger partial charge on any atom is -0.463 e. The number of hydrogen-bond donors (Lipinski definition) is 1. The molecule has 1 aromatic heterocycles. The fourth-order valence-corrected chi connectivity index (χ4v) is 5.05. The summed E-state index contributed by atoms with van der Waals surface area (Å²) in [5.74, 6) is -3.56. The Hall–Kier alpha value is -3.59. The van der Waals surface area contributed by atoms with Crippen LogP contribution in [0.5, 0.6) is 0 Å². The number of amides is 1. The van der Waals surface area contributed by atoms with Gasteiger partial charge in [0.2, 0.25) is 5.91 Å². The van der Waals surface area contributed by atoms with Crippen LogP contribution in [0.2, 0.25) is 0 Å².